The Kier molecular flexibility index (Phi) is 9.89. The van der Waals surface area contributed by atoms with Crippen LogP contribution in [0.1, 0.15) is 51.8 Å². The smallest absolute Gasteiger partial charge is 0.338 e. The van der Waals surface area contributed by atoms with E-state index in [1.54, 1.807) is 43.3 Å². The van der Waals surface area contributed by atoms with Crippen LogP contribution in [0.4, 0.5) is 0 Å². The van der Waals surface area contributed by atoms with Gasteiger partial charge in [-0.15, -0.1) is 0 Å². The van der Waals surface area contributed by atoms with Crippen LogP contribution in [0.25, 0.3) is 6.08 Å². The number of aromatic nitrogens is 1. The first-order valence-corrected chi connectivity index (χ1v) is 14.9. The summed E-state index contributed by atoms with van der Waals surface area (Å²) in [5, 5.41) is 0. The SMILES string of the molecule is CCOc1ccc([C@@H]2C(C(=O)OC)=C(C)N=c3s/c(=C\c4cc(Br)c(OC(C)=O)c(OCC)c4)c(=O)n32)cc1OCC. The van der Waals surface area contributed by atoms with Gasteiger partial charge in [0, 0.05) is 6.92 Å². The van der Waals surface area contributed by atoms with Crippen molar-refractivity contribution >= 4 is 45.3 Å². The van der Waals surface area contributed by atoms with Gasteiger partial charge in [-0.05, 0) is 85.1 Å². The molecule has 222 valence electrons. The zero-order valence-electron chi connectivity index (χ0n) is 24.1. The molecule has 3 aromatic rings. The van der Waals surface area contributed by atoms with Gasteiger partial charge in [-0.3, -0.25) is 14.2 Å². The number of ether oxygens (including phenoxy) is 5. The Morgan fingerprint density at radius 1 is 1.02 bits per heavy atom. The number of halogens is 1. The predicted octanol–water partition coefficient (Wildman–Crippen LogP) is 4.29. The van der Waals surface area contributed by atoms with Crippen LogP contribution in [-0.2, 0) is 14.3 Å². The molecule has 0 unspecified atom stereocenters. The van der Waals surface area contributed by atoms with Gasteiger partial charge in [0.15, 0.2) is 27.8 Å². The van der Waals surface area contributed by atoms with Crippen LogP contribution in [0.15, 0.2) is 55.9 Å². The Balaban J connectivity index is 1.93. The normalized spacial score (nSPS) is 14.6. The van der Waals surface area contributed by atoms with Gasteiger partial charge in [-0.25, -0.2) is 9.79 Å². The molecule has 12 heteroatoms. The number of rotatable bonds is 10. The molecule has 0 aliphatic carbocycles. The molecule has 1 aromatic heterocycles. The van der Waals surface area contributed by atoms with Gasteiger partial charge in [0.2, 0.25) is 0 Å². The van der Waals surface area contributed by atoms with Crippen molar-refractivity contribution < 1.29 is 33.3 Å². The molecule has 0 fully saturated rings. The zero-order valence-corrected chi connectivity index (χ0v) is 26.5. The van der Waals surface area contributed by atoms with Crippen LogP contribution < -0.4 is 33.8 Å². The van der Waals surface area contributed by atoms with E-state index in [-0.39, 0.29) is 16.9 Å². The van der Waals surface area contributed by atoms with Gasteiger partial charge < -0.3 is 23.7 Å². The third kappa shape index (κ3) is 6.29. The highest BCUT2D eigenvalue weighted by atomic mass is 79.9. The fraction of sp³-hybridized carbons (Fsp3) is 0.333. The van der Waals surface area contributed by atoms with E-state index in [1.165, 1.54) is 29.9 Å². The fourth-order valence-corrected chi connectivity index (χ4v) is 6.16. The van der Waals surface area contributed by atoms with Gasteiger partial charge in [0.25, 0.3) is 5.56 Å². The van der Waals surface area contributed by atoms with E-state index in [0.717, 1.165) is 0 Å². The lowest BCUT2D eigenvalue weighted by Crippen LogP contribution is -2.39. The van der Waals surface area contributed by atoms with Crippen LogP contribution in [0, 0.1) is 0 Å². The molecule has 10 nitrogen and oxygen atoms in total. The molecule has 42 heavy (non-hydrogen) atoms. The van der Waals surface area contributed by atoms with Gasteiger partial charge in [-0.1, -0.05) is 17.4 Å². The van der Waals surface area contributed by atoms with Crippen molar-refractivity contribution in [3.8, 4) is 23.0 Å². The van der Waals surface area contributed by atoms with E-state index in [1.807, 2.05) is 20.8 Å². The molecule has 0 bridgehead atoms. The van der Waals surface area contributed by atoms with Crippen molar-refractivity contribution in [2.24, 2.45) is 4.99 Å². The maximum atomic E-state index is 14.0. The van der Waals surface area contributed by atoms with Crippen molar-refractivity contribution in [1.29, 1.82) is 0 Å². The molecule has 0 radical (unpaired) electrons. The molecule has 1 atom stereocenters. The third-order valence-corrected chi connectivity index (χ3v) is 7.76. The third-order valence-electron chi connectivity index (χ3n) is 6.19. The number of esters is 2. The van der Waals surface area contributed by atoms with E-state index in [2.05, 4.69) is 20.9 Å². The zero-order chi connectivity index (χ0) is 30.6. The van der Waals surface area contributed by atoms with Crippen LogP contribution >= 0.6 is 27.3 Å². The summed E-state index contributed by atoms with van der Waals surface area (Å²) in [5.74, 6) is 0.579. The lowest BCUT2D eigenvalue weighted by molar-refractivity contribution is -0.136. The topological polar surface area (TPSA) is 115 Å². The summed E-state index contributed by atoms with van der Waals surface area (Å²) in [5.41, 5.74) is 1.61. The average molecular weight is 660 g/mol. The number of carbonyl (C=O) groups is 2. The molecule has 0 saturated carbocycles. The first-order chi connectivity index (χ1) is 20.1. The van der Waals surface area contributed by atoms with E-state index in [9.17, 15) is 14.4 Å². The first kappa shape index (κ1) is 31.0. The molecule has 4 rings (SSSR count). The second-order valence-electron chi connectivity index (χ2n) is 9.00. The van der Waals surface area contributed by atoms with Crippen molar-refractivity contribution in [1.82, 2.24) is 4.57 Å². The molecule has 1 aliphatic heterocycles. The van der Waals surface area contributed by atoms with Crippen molar-refractivity contribution in [3.63, 3.8) is 0 Å². The highest BCUT2D eigenvalue weighted by Crippen LogP contribution is 2.38. The Bertz CT molecular complexity index is 1740. The number of benzene rings is 2. The van der Waals surface area contributed by atoms with Crippen LogP contribution in [0.2, 0.25) is 0 Å². The van der Waals surface area contributed by atoms with Gasteiger partial charge in [0.1, 0.15) is 0 Å². The fourth-order valence-electron chi connectivity index (χ4n) is 4.57. The maximum Gasteiger partial charge on any atom is 0.338 e. The van der Waals surface area contributed by atoms with Crippen LogP contribution in [0.3, 0.4) is 0 Å². The number of carbonyl (C=O) groups excluding carboxylic acids is 2. The number of thiazole rings is 1. The van der Waals surface area contributed by atoms with Crippen molar-refractivity contribution in [2.45, 2.75) is 40.7 Å². The molecule has 1 aliphatic rings. The average Bonchev–Trinajstić information content (AvgIpc) is 3.24. The number of nitrogens with zero attached hydrogens (tertiary/aromatic N) is 2. The summed E-state index contributed by atoms with van der Waals surface area (Å²) < 4.78 is 30.0. The second-order valence-corrected chi connectivity index (χ2v) is 10.9. The molecular weight excluding hydrogens is 628 g/mol. The van der Waals surface area contributed by atoms with E-state index in [0.29, 0.717) is 67.7 Å². The van der Waals surface area contributed by atoms with Gasteiger partial charge >= 0.3 is 11.9 Å². The van der Waals surface area contributed by atoms with E-state index < -0.39 is 18.0 Å². The molecule has 2 heterocycles. The number of allylic oxidation sites excluding steroid dienone is 1. The number of hydrogen-bond donors (Lipinski definition) is 0. The van der Waals surface area contributed by atoms with Crippen molar-refractivity contribution in [3.05, 3.63) is 76.9 Å². The van der Waals surface area contributed by atoms with E-state index >= 15 is 0 Å². The quantitative estimate of drug-likeness (QED) is 0.234. The number of methoxy groups -OCH3 is 1. The lowest BCUT2D eigenvalue weighted by Gasteiger charge is -2.25. The highest BCUT2D eigenvalue weighted by Gasteiger charge is 2.33. The minimum Gasteiger partial charge on any atom is -0.490 e. The first-order valence-electron chi connectivity index (χ1n) is 13.3. The summed E-state index contributed by atoms with van der Waals surface area (Å²) in [6, 6.07) is 7.94. The Labute approximate surface area is 255 Å². The standard InChI is InChI=1S/C30H31BrN2O8S/c1-7-38-21-11-10-19(15-22(21)39-8-2)26-25(29(36)37-6)16(4)32-30-33(26)28(35)24(42-30)14-18-12-20(31)27(41-17(5)34)23(13-18)40-9-3/h10-15,26H,7-9H2,1-6H3/b24-14-/t26-/m1/s1. The summed E-state index contributed by atoms with van der Waals surface area (Å²) in [7, 11) is 1.29. The van der Waals surface area contributed by atoms with Crippen LogP contribution in [0.5, 0.6) is 23.0 Å². The molecule has 0 N–H and O–H groups in total. The van der Waals surface area contributed by atoms with Gasteiger partial charge in [-0.2, -0.15) is 0 Å². The second kappa shape index (κ2) is 13.4. The minimum atomic E-state index is -0.817. The van der Waals surface area contributed by atoms with Crippen molar-refractivity contribution in [2.75, 3.05) is 26.9 Å². The van der Waals surface area contributed by atoms with E-state index in [4.69, 9.17) is 23.7 Å². The molecule has 0 amide bonds. The minimum absolute atomic E-state index is 0.246. The molecule has 0 saturated heterocycles. The predicted molar refractivity (Wildman–Crippen MR) is 161 cm³/mol. The molecule has 2 aromatic carbocycles. The largest absolute Gasteiger partial charge is 0.490 e. The summed E-state index contributed by atoms with van der Waals surface area (Å²) in [6.07, 6.45) is 1.70. The molecule has 0 spiro atoms. The highest BCUT2D eigenvalue weighted by molar-refractivity contribution is 9.10. The number of hydrogen-bond acceptors (Lipinski definition) is 10. The summed E-state index contributed by atoms with van der Waals surface area (Å²) in [4.78, 5) is 43.7. The monoisotopic (exact) mass is 658 g/mol. The van der Waals surface area contributed by atoms with Gasteiger partial charge in [0.05, 0.1) is 53.2 Å². The Morgan fingerprint density at radius 3 is 2.33 bits per heavy atom. The number of fused-ring (bicyclic) bond motifs is 1. The van der Waals surface area contributed by atoms with Crippen LogP contribution in [-0.4, -0.2) is 43.4 Å². The maximum absolute atomic E-state index is 14.0. The molecular formula is C30H31BrN2O8S. The Hall–Kier alpha value is -3.90. The lowest BCUT2D eigenvalue weighted by atomic mass is 9.95. The Morgan fingerprint density at radius 2 is 1.69 bits per heavy atom. The summed E-state index contributed by atoms with van der Waals surface area (Å²) in [6.45, 7) is 9.77. The summed E-state index contributed by atoms with van der Waals surface area (Å²) >= 11 is 4.64.